The summed E-state index contributed by atoms with van der Waals surface area (Å²) in [4.78, 5) is 0. The quantitative estimate of drug-likeness (QED) is 0.591. The molecule has 0 aromatic heterocycles. The minimum atomic E-state index is -3.24. The molecule has 1 unspecified atom stereocenters. The molecule has 1 aromatic rings. The lowest BCUT2D eigenvalue weighted by Gasteiger charge is -2.15. The van der Waals surface area contributed by atoms with Crippen molar-refractivity contribution >= 4 is 10.0 Å². The molecule has 0 aliphatic carbocycles. The highest BCUT2D eigenvalue weighted by molar-refractivity contribution is 7.89. The Morgan fingerprint density at radius 3 is 2.58 bits per heavy atom. The van der Waals surface area contributed by atoms with Crippen LogP contribution in [0.2, 0.25) is 0 Å². The van der Waals surface area contributed by atoms with E-state index in [1.54, 1.807) is 13.0 Å². The predicted molar refractivity (Wildman–Crippen MR) is 73.7 cm³/mol. The number of nitrogens with one attached hydrogen (secondary N) is 2. The predicted octanol–water partition coefficient (Wildman–Crippen LogP) is 0.688. The van der Waals surface area contributed by atoms with E-state index in [-0.39, 0.29) is 29.8 Å². The van der Waals surface area contributed by atoms with E-state index < -0.39 is 10.0 Å². The lowest BCUT2D eigenvalue weighted by molar-refractivity contribution is 0.437. The molecule has 0 spiro atoms. The standard InChI is InChI=1S/C12H20N2O4S/c1-3-14-19(17,18)7-6-13-9(2)11-5-4-10(15)8-12(11)16/h4-5,8-9,13-16H,3,6-7H2,1-2H3. The maximum Gasteiger partial charge on any atom is 0.212 e. The summed E-state index contributed by atoms with van der Waals surface area (Å²) in [6, 6.07) is 4.12. The second-order valence-electron chi connectivity index (χ2n) is 4.24. The third kappa shape index (κ3) is 5.06. The number of phenols is 2. The van der Waals surface area contributed by atoms with Crippen LogP contribution in [-0.4, -0.2) is 37.5 Å². The van der Waals surface area contributed by atoms with Gasteiger partial charge in [0.1, 0.15) is 11.5 Å². The molecule has 0 amide bonds. The van der Waals surface area contributed by atoms with E-state index in [1.807, 2.05) is 6.92 Å². The molecule has 0 aliphatic rings. The first-order valence-electron chi connectivity index (χ1n) is 6.08. The molecular weight excluding hydrogens is 268 g/mol. The number of phenolic OH excluding ortho intramolecular Hbond substituents is 2. The van der Waals surface area contributed by atoms with Gasteiger partial charge in [0.05, 0.1) is 5.75 Å². The number of benzene rings is 1. The Balaban J connectivity index is 2.54. The highest BCUT2D eigenvalue weighted by Gasteiger charge is 2.13. The number of aromatic hydroxyl groups is 2. The van der Waals surface area contributed by atoms with E-state index in [4.69, 9.17) is 0 Å². The van der Waals surface area contributed by atoms with Gasteiger partial charge in [-0.25, -0.2) is 13.1 Å². The lowest BCUT2D eigenvalue weighted by atomic mass is 10.1. The summed E-state index contributed by atoms with van der Waals surface area (Å²) in [6.45, 7) is 4.18. The third-order valence-corrected chi connectivity index (χ3v) is 4.14. The third-order valence-electron chi connectivity index (χ3n) is 2.67. The molecule has 0 fully saturated rings. The minimum absolute atomic E-state index is 0.0110. The molecule has 1 atom stereocenters. The van der Waals surface area contributed by atoms with Gasteiger partial charge < -0.3 is 15.5 Å². The Morgan fingerprint density at radius 1 is 1.32 bits per heavy atom. The molecule has 7 heteroatoms. The summed E-state index contributed by atoms with van der Waals surface area (Å²) < 4.78 is 25.3. The Bertz CT molecular complexity index is 516. The molecule has 0 radical (unpaired) electrons. The molecule has 1 aromatic carbocycles. The fraction of sp³-hybridized carbons (Fsp3) is 0.500. The minimum Gasteiger partial charge on any atom is -0.508 e. The summed E-state index contributed by atoms with van der Waals surface area (Å²) in [5.41, 5.74) is 0.610. The maximum absolute atomic E-state index is 11.4. The zero-order chi connectivity index (χ0) is 14.5. The number of sulfonamides is 1. The Morgan fingerprint density at radius 2 is 2.00 bits per heavy atom. The number of hydrogen-bond donors (Lipinski definition) is 4. The van der Waals surface area contributed by atoms with Gasteiger partial charge in [0.2, 0.25) is 10.0 Å². The number of hydrogen-bond acceptors (Lipinski definition) is 5. The van der Waals surface area contributed by atoms with Crippen LogP contribution in [0.4, 0.5) is 0 Å². The van der Waals surface area contributed by atoms with Crippen LogP contribution in [0.1, 0.15) is 25.5 Å². The molecule has 0 aliphatic heterocycles. The summed E-state index contributed by atoms with van der Waals surface area (Å²) in [5, 5.41) is 21.9. The first-order valence-corrected chi connectivity index (χ1v) is 7.73. The fourth-order valence-corrected chi connectivity index (χ4v) is 2.68. The van der Waals surface area contributed by atoms with Gasteiger partial charge in [-0.3, -0.25) is 0 Å². The van der Waals surface area contributed by atoms with Gasteiger partial charge in [0.25, 0.3) is 0 Å². The van der Waals surface area contributed by atoms with Crippen LogP contribution in [0.3, 0.4) is 0 Å². The van der Waals surface area contributed by atoms with Gasteiger partial charge in [-0.2, -0.15) is 0 Å². The smallest absolute Gasteiger partial charge is 0.212 e. The molecule has 4 N–H and O–H groups in total. The van der Waals surface area contributed by atoms with Crippen molar-refractivity contribution < 1.29 is 18.6 Å². The highest BCUT2D eigenvalue weighted by Crippen LogP contribution is 2.27. The van der Waals surface area contributed by atoms with Gasteiger partial charge in [-0.15, -0.1) is 0 Å². The average Bonchev–Trinajstić information content (AvgIpc) is 2.28. The van der Waals surface area contributed by atoms with Crippen molar-refractivity contribution in [1.82, 2.24) is 10.0 Å². The molecule has 108 valence electrons. The number of rotatable bonds is 7. The zero-order valence-electron chi connectivity index (χ0n) is 11.0. The van der Waals surface area contributed by atoms with Crippen LogP contribution in [0.25, 0.3) is 0 Å². The van der Waals surface area contributed by atoms with E-state index in [9.17, 15) is 18.6 Å². The van der Waals surface area contributed by atoms with Crippen molar-refractivity contribution in [3.63, 3.8) is 0 Å². The van der Waals surface area contributed by atoms with Gasteiger partial charge in [0, 0.05) is 30.8 Å². The van der Waals surface area contributed by atoms with Crippen molar-refractivity contribution in [2.75, 3.05) is 18.8 Å². The summed E-state index contributed by atoms with van der Waals surface area (Å²) in [6.07, 6.45) is 0. The zero-order valence-corrected chi connectivity index (χ0v) is 11.9. The Kier molecular flexibility index (Phi) is 5.59. The van der Waals surface area contributed by atoms with Gasteiger partial charge in [0.15, 0.2) is 0 Å². The molecule has 0 saturated carbocycles. The van der Waals surface area contributed by atoms with Gasteiger partial charge in [-0.1, -0.05) is 13.0 Å². The van der Waals surface area contributed by atoms with E-state index >= 15 is 0 Å². The topological polar surface area (TPSA) is 98.7 Å². The lowest BCUT2D eigenvalue weighted by Crippen LogP contribution is -2.32. The van der Waals surface area contributed by atoms with Crippen molar-refractivity contribution in [2.24, 2.45) is 0 Å². The second-order valence-corrected chi connectivity index (χ2v) is 6.16. The molecule has 6 nitrogen and oxygen atoms in total. The van der Waals surface area contributed by atoms with Crippen LogP contribution in [0.15, 0.2) is 18.2 Å². The Hall–Kier alpha value is -1.31. The average molecular weight is 288 g/mol. The van der Waals surface area contributed by atoms with Gasteiger partial charge in [-0.05, 0) is 13.0 Å². The SMILES string of the molecule is CCNS(=O)(=O)CCNC(C)c1ccc(O)cc1O. The molecular formula is C12H20N2O4S. The van der Waals surface area contributed by atoms with E-state index in [1.165, 1.54) is 12.1 Å². The van der Waals surface area contributed by atoms with Crippen LogP contribution in [-0.2, 0) is 10.0 Å². The van der Waals surface area contributed by atoms with Crippen LogP contribution < -0.4 is 10.0 Å². The van der Waals surface area contributed by atoms with Crippen LogP contribution >= 0.6 is 0 Å². The Labute approximate surface area is 113 Å². The van der Waals surface area contributed by atoms with Crippen LogP contribution in [0, 0.1) is 0 Å². The molecule has 0 bridgehead atoms. The first kappa shape index (κ1) is 15.7. The van der Waals surface area contributed by atoms with Crippen molar-refractivity contribution in [1.29, 1.82) is 0 Å². The molecule has 0 saturated heterocycles. The maximum atomic E-state index is 11.4. The summed E-state index contributed by atoms with van der Waals surface area (Å²) in [7, 11) is -3.24. The first-order chi connectivity index (χ1) is 8.85. The monoisotopic (exact) mass is 288 g/mol. The fourth-order valence-electron chi connectivity index (χ4n) is 1.71. The van der Waals surface area contributed by atoms with Crippen molar-refractivity contribution in [3.8, 4) is 11.5 Å². The van der Waals surface area contributed by atoms with Gasteiger partial charge >= 0.3 is 0 Å². The highest BCUT2D eigenvalue weighted by atomic mass is 32.2. The van der Waals surface area contributed by atoms with E-state index in [2.05, 4.69) is 10.0 Å². The van der Waals surface area contributed by atoms with Crippen LogP contribution in [0.5, 0.6) is 11.5 Å². The van der Waals surface area contributed by atoms with Crippen molar-refractivity contribution in [2.45, 2.75) is 19.9 Å². The summed E-state index contributed by atoms with van der Waals surface area (Å²) >= 11 is 0. The van der Waals surface area contributed by atoms with E-state index in [0.717, 1.165) is 0 Å². The second kappa shape index (κ2) is 6.74. The summed E-state index contributed by atoms with van der Waals surface area (Å²) in [5.74, 6) is -0.0537. The largest absolute Gasteiger partial charge is 0.508 e. The van der Waals surface area contributed by atoms with E-state index in [0.29, 0.717) is 12.1 Å². The molecule has 1 rings (SSSR count). The van der Waals surface area contributed by atoms with Crippen molar-refractivity contribution in [3.05, 3.63) is 23.8 Å². The molecule has 0 heterocycles. The normalized spacial score (nSPS) is 13.4. The molecule has 19 heavy (non-hydrogen) atoms.